The SMILES string of the molecule is COC1(C2(NC(=O)c3ccccc3)CN(C(=O)CCc3nc(-c4ccccc4)no3)C2)CC1. The van der Waals surface area contributed by atoms with Gasteiger partial charge in [-0.1, -0.05) is 53.7 Å². The van der Waals surface area contributed by atoms with E-state index in [0.717, 1.165) is 18.4 Å². The van der Waals surface area contributed by atoms with Crippen molar-refractivity contribution in [1.29, 1.82) is 0 Å². The number of hydrogen-bond acceptors (Lipinski definition) is 6. The molecule has 2 heterocycles. The van der Waals surface area contributed by atoms with E-state index < -0.39 is 11.1 Å². The molecule has 0 unspecified atom stereocenters. The molecule has 0 spiro atoms. The van der Waals surface area contributed by atoms with E-state index in [1.807, 2.05) is 48.5 Å². The van der Waals surface area contributed by atoms with Crippen LogP contribution in [0.25, 0.3) is 11.4 Å². The van der Waals surface area contributed by atoms with Crippen molar-refractivity contribution in [2.45, 2.75) is 36.8 Å². The first-order valence-corrected chi connectivity index (χ1v) is 11.1. The van der Waals surface area contributed by atoms with Gasteiger partial charge in [-0.05, 0) is 25.0 Å². The van der Waals surface area contributed by atoms with Gasteiger partial charge in [0.1, 0.15) is 5.54 Å². The fourth-order valence-corrected chi connectivity index (χ4v) is 4.57. The van der Waals surface area contributed by atoms with Crippen molar-refractivity contribution in [2.75, 3.05) is 20.2 Å². The van der Waals surface area contributed by atoms with Crippen LogP contribution in [0.5, 0.6) is 0 Å². The highest BCUT2D eigenvalue weighted by atomic mass is 16.5. The Morgan fingerprint density at radius 1 is 1.06 bits per heavy atom. The lowest BCUT2D eigenvalue weighted by Crippen LogP contribution is -2.77. The van der Waals surface area contributed by atoms with Gasteiger partial charge in [0.15, 0.2) is 0 Å². The number of ether oxygens (including phenoxy) is 1. The molecule has 3 aromatic rings. The molecule has 1 N–H and O–H groups in total. The Hall–Kier alpha value is -3.52. The first-order chi connectivity index (χ1) is 16.0. The third-order valence-corrected chi connectivity index (χ3v) is 6.68. The number of hydrogen-bond donors (Lipinski definition) is 1. The number of likely N-dealkylation sites (tertiary alicyclic amines) is 1. The summed E-state index contributed by atoms with van der Waals surface area (Å²) in [5.74, 6) is 0.790. The molecule has 8 heteroatoms. The van der Waals surface area contributed by atoms with Gasteiger partial charge in [-0.15, -0.1) is 0 Å². The monoisotopic (exact) mass is 446 g/mol. The van der Waals surface area contributed by atoms with Crippen molar-refractivity contribution < 1.29 is 18.8 Å². The maximum absolute atomic E-state index is 12.9. The first kappa shape index (κ1) is 21.3. The molecule has 1 saturated heterocycles. The summed E-state index contributed by atoms with van der Waals surface area (Å²) in [6.45, 7) is 0.856. The van der Waals surface area contributed by atoms with E-state index in [0.29, 0.717) is 36.8 Å². The molecule has 2 amide bonds. The van der Waals surface area contributed by atoms with Crippen LogP contribution in [-0.4, -0.2) is 58.2 Å². The molecular formula is C25H26N4O4. The molecule has 0 atom stereocenters. The Labute approximate surface area is 191 Å². The summed E-state index contributed by atoms with van der Waals surface area (Å²) in [5, 5.41) is 7.19. The number of carbonyl (C=O) groups excluding carboxylic acids is 2. The van der Waals surface area contributed by atoms with E-state index in [4.69, 9.17) is 9.26 Å². The lowest BCUT2D eigenvalue weighted by molar-refractivity contribution is -0.148. The topological polar surface area (TPSA) is 97.6 Å². The number of benzene rings is 2. The van der Waals surface area contributed by atoms with Gasteiger partial charge in [0, 0.05) is 44.2 Å². The van der Waals surface area contributed by atoms with E-state index >= 15 is 0 Å². The second-order valence-corrected chi connectivity index (χ2v) is 8.73. The van der Waals surface area contributed by atoms with Crippen LogP contribution in [0.4, 0.5) is 0 Å². The molecule has 1 aromatic heterocycles. The van der Waals surface area contributed by atoms with Crippen molar-refractivity contribution in [3.05, 3.63) is 72.1 Å². The molecule has 2 aromatic carbocycles. The Bertz CT molecular complexity index is 1140. The van der Waals surface area contributed by atoms with Crippen LogP contribution in [0.2, 0.25) is 0 Å². The van der Waals surface area contributed by atoms with Crippen molar-refractivity contribution >= 4 is 11.8 Å². The minimum absolute atomic E-state index is 0.00838. The molecular weight excluding hydrogens is 420 g/mol. The van der Waals surface area contributed by atoms with Gasteiger partial charge in [-0.2, -0.15) is 4.98 Å². The van der Waals surface area contributed by atoms with Gasteiger partial charge in [-0.25, -0.2) is 0 Å². The third-order valence-electron chi connectivity index (χ3n) is 6.68. The predicted octanol–water partition coefficient (Wildman–Crippen LogP) is 2.86. The second-order valence-electron chi connectivity index (χ2n) is 8.73. The summed E-state index contributed by atoms with van der Waals surface area (Å²) >= 11 is 0. The zero-order chi connectivity index (χ0) is 22.9. The summed E-state index contributed by atoms with van der Waals surface area (Å²) in [4.78, 5) is 31.8. The fraction of sp³-hybridized carbons (Fsp3) is 0.360. The van der Waals surface area contributed by atoms with E-state index in [2.05, 4.69) is 15.5 Å². The Kier molecular flexibility index (Phi) is 5.46. The number of nitrogens with zero attached hydrogens (tertiary/aromatic N) is 3. The van der Waals surface area contributed by atoms with Gasteiger partial charge in [-0.3, -0.25) is 9.59 Å². The van der Waals surface area contributed by atoms with Crippen LogP contribution in [0, 0.1) is 0 Å². The van der Waals surface area contributed by atoms with Crippen molar-refractivity contribution in [2.24, 2.45) is 0 Å². The molecule has 1 aliphatic carbocycles. The zero-order valence-corrected chi connectivity index (χ0v) is 18.5. The summed E-state index contributed by atoms with van der Waals surface area (Å²) < 4.78 is 11.1. The van der Waals surface area contributed by atoms with E-state index in [1.165, 1.54) is 0 Å². The normalized spacial score (nSPS) is 17.8. The number of amides is 2. The number of methoxy groups -OCH3 is 1. The van der Waals surface area contributed by atoms with Crippen LogP contribution in [0.1, 0.15) is 35.5 Å². The largest absolute Gasteiger partial charge is 0.376 e. The predicted molar refractivity (Wildman–Crippen MR) is 120 cm³/mol. The molecule has 0 bridgehead atoms. The smallest absolute Gasteiger partial charge is 0.251 e. The highest BCUT2D eigenvalue weighted by Gasteiger charge is 2.66. The van der Waals surface area contributed by atoms with E-state index in [1.54, 1.807) is 24.1 Å². The van der Waals surface area contributed by atoms with Gasteiger partial charge in [0.2, 0.25) is 17.6 Å². The summed E-state index contributed by atoms with van der Waals surface area (Å²) in [7, 11) is 1.67. The molecule has 1 aliphatic heterocycles. The van der Waals surface area contributed by atoms with Gasteiger partial charge < -0.3 is 19.5 Å². The van der Waals surface area contributed by atoms with Crippen LogP contribution in [0.3, 0.4) is 0 Å². The van der Waals surface area contributed by atoms with Crippen molar-refractivity contribution in [3.8, 4) is 11.4 Å². The number of aryl methyl sites for hydroxylation is 1. The van der Waals surface area contributed by atoms with Crippen LogP contribution < -0.4 is 5.32 Å². The number of rotatable bonds is 8. The summed E-state index contributed by atoms with van der Waals surface area (Å²) in [5.41, 5.74) is 0.481. The second kappa shape index (κ2) is 8.44. The molecule has 0 radical (unpaired) electrons. The molecule has 33 heavy (non-hydrogen) atoms. The quantitative estimate of drug-likeness (QED) is 0.572. The molecule has 170 valence electrons. The minimum Gasteiger partial charge on any atom is -0.376 e. The van der Waals surface area contributed by atoms with Crippen LogP contribution in [0.15, 0.2) is 65.2 Å². The molecule has 2 aliphatic rings. The maximum Gasteiger partial charge on any atom is 0.251 e. The average Bonchev–Trinajstić information content (AvgIpc) is 3.50. The lowest BCUT2D eigenvalue weighted by atomic mass is 9.80. The molecule has 8 nitrogen and oxygen atoms in total. The molecule has 5 rings (SSSR count). The van der Waals surface area contributed by atoms with Gasteiger partial charge in [0.25, 0.3) is 5.91 Å². The highest BCUT2D eigenvalue weighted by molar-refractivity contribution is 5.95. The number of carbonyl (C=O) groups is 2. The first-order valence-electron chi connectivity index (χ1n) is 11.1. The minimum atomic E-state index is -0.574. The zero-order valence-electron chi connectivity index (χ0n) is 18.5. The summed E-state index contributed by atoms with van der Waals surface area (Å²) in [6, 6.07) is 18.7. The Morgan fingerprint density at radius 2 is 1.73 bits per heavy atom. The van der Waals surface area contributed by atoms with Crippen molar-refractivity contribution in [3.63, 3.8) is 0 Å². The van der Waals surface area contributed by atoms with Crippen LogP contribution in [-0.2, 0) is 16.0 Å². The van der Waals surface area contributed by atoms with Gasteiger partial charge >= 0.3 is 0 Å². The average molecular weight is 447 g/mol. The van der Waals surface area contributed by atoms with Crippen molar-refractivity contribution in [1.82, 2.24) is 20.4 Å². The van der Waals surface area contributed by atoms with E-state index in [9.17, 15) is 9.59 Å². The maximum atomic E-state index is 12.9. The van der Waals surface area contributed by atoms with E-state index in [-0.39, 0.29) is 18.2 Å². The molecule has 1 saturated carbocycles. The number of aromatic nitrogens is 2. The number of nitrogens with one attached hydrogen (secondary N) is 1. The third kappa shape index (κ3) is 4.02. The van der Waals surface area contributed by atoms with Crippen LogP contribution >= 0.6 is 0 Å². The van der Waals surface area contributed by atoms with Gasteiger partial charge in [0.05, 0.1) is 5.60 Å². The summed E-state index contributed by atoms with van der Waals surface area (Å²) in [6.07, 6.45) is 2.36. The lowest BCUT2D eigenvalue weighted by Gasteiger charge is -2.54. The Morgan fingerprint density at radius 3 is 2.36 bits per heavy atom. The Balaban J connectivity index is 1.20. The highest BCUT2D eigenvalue weighted by Crippen LogP contribution is 2.51. The fourth-order valence-electron chi connectivity index (χ4n) is 4.57. The standard InChI is InChI=1S/C25H26N4O4/c1-32-25(14-15-25)24(27-23(31)19-10-6-3-7-11-19)16-29(17-24)21(30)13-12-20-26-22(28-33-20)18-8-4-2-5-9-18/h2-11H,12-17H2,1H3,(H,27,31). The molecule has 2 fully saturated rings.